The Morgan fingerprint density at radius 2 is 1.95 bits per heavy atom. The molecule has 0 spiro atoms. The van der Waals surface area contributed by atoms with E-state index in [9.17, 15) is 13.6 Å². The fourth-order valence-electron chi connectivity index (χ4n) is 1.69. The Kier molecular flexibility index (Phi) is 4.20. The average molecular weight is 297 g/mol. The summed E-state index contributed by atoms with van der Waals surface area (Å²) >= 11 is 5.89. The molecule has 2 rings (SSSR count). The molecular weight excluding hydrogens is 286 g/mol. The van der Waals surface area contributed by atoms with E-state index >= 15 is 0 Å². The highest BCUT2D eigenvalue weighted by Gasteiger charge is 2.08. The van der Waals surface area contributed by atoms with Gasteiger partial charge in [-0.1, -0.05) is 11.6 Å². The van der Waals surface area contributed by atoms with Crippen molar-refractivity contribution < 1.29 is 13.6 Å². The van der Waals surface area contributed by atoms with Gasteiger partial charge in [0.1, 0.15) is 11.6 Å². The van der Waals surface area contributed by atoms with Crippen molar-refractivity contribution in [2.45, 2.75) is 6.54 Å². The van der Waals surface area contributed by atoms with Crippen LogP contribution in [0.1, 0.15) is 15.9 Å². The molecule has 0 aliphatic heterocycles. The number of nitrogens with one attached hydrogen (secondary N) is 1. The number of hydrogen-bond donors (Lipinski definition) is 2. The smallest absolute Gasteiger partial charge is 0.248 e. The number of anilines is 1. The molecule has 0 aromatic heterocycles. The second-order valence-corrected chi connectivity index (χ2v) is 4.56. The van der Waals surface area contributed by atoms with Crippen molar-refractivity contribution in [3.8, 4) is 0 Å². The van der Waals surface area contributed by atoms with E-state index in [0.29, 0.717) is 10.7 Å². The molecule has 0 heterocycles. The molecule has 0 unspecified atom stereocenters. The first kappa shape index (κ1) is 14.3. The van der Waals surface area contributed by atoms with E-state index in [1.54, 1.807) is 0 Å². The van der Waals surface area contributed by atoms with Crippen molar-refractivity contribution >= 4 is 23.2 Å². The highest BCUT2D eigenvalue weighted by atomic mass is 35.5. The third kappa shape index (κ3) is 3.24. The SMILES string of the molecule is NC(=O)c1ccc(F)c(CNc2cc(F)ccc2Cl)c1. The standard InChI is InChI=1S/C14H11ClF2N2O/c15-11-3-2-10(16)6-13(11)19-7-9-5-8(14(18)20)1-4-12(9)17/h1-6,19H,7H2,(H2,18,20). The minimum absolute atomic E-state index is 0.0517. The van der Waals surface area contributed by atoms with Crippen LogP contribution in [0.2, 0.25) is 5.02 Å². The number of hydrogen-bond acceptors (Lipinski definition) is 2. The lowest BCUT2D eigenvalue weighted by Gasteiger charge is -2.10. The van der Waals surface area contributed by atoms with Gasteiger partial charge in [0.05, 0.1) is 10.7 Å². The molecule has 0 atom stereocenters. The lowest BCUT2D eigenvalue weighted by atomic mass is 10.1. The third-order valence-electron chi connectivity index (χ3n) is 2.73. The number of primary amides is 1. The van der Waals surface area contributed by atoms with Gasteiger partial charge in [-0.05, 0) is 36.4 Å². The summed E-state index contributed by atoms with van der Waals surface area (Å²) in [6.45, 7) is 0.0517. The summed E-state index contributed by atoms with van der Waals surface area (Å²) in [6, 6.07) is 7.63. The quantitative estimate of drug-likeness (QED) is 0.909. The predicted molar refractivity (Wildman–Crippen MR) is 73.7 cm³/mol. The molecule has 2 aromatic carbocycles. The van der Waals surface area contributed by atoms with Crippen LogP contribution in [0.3, 0.4) is 0 Å². The maximum absolute atomic E-state index is 13.6. The summed E-state index contributed by atoms with van der Waals surface area (Å²) in [4.78, 5) is 11.0. The van der Waals surface area contributed by atoms with Gasteiger partial charge in [0.25, 0.3) is 0 Å². The highest BCUT2D eigenvalue weighted by molar-refractivity contribution is 6.33. The Hall–Kier alpha value is -2.14. The summed E-state index contributed by atoms with van der Waals surface area (Å²) in [6.07, 6.45) is 0. The molecule has 3 nitrogen and oxygen atoms in total. The van der Waals surface area contributed by atoms with E-state index in [1.165, 1.54) is 30.3 Å². The zero-order chi connectivity index (χ0) is 14.7. The van der Waals surface area contributed by atoms with E-state index in [4.69, 9.17) is 17.3 Å². The minimum atomic E-state index is -0.643. The maximum Gasteiger partial charge on any atom is 0.248 e. The van der Waals surface area contributed by atoms with Gasteiger partial charge in [-0.15, -0.1) is 0 Å². The van der Waals surface area contributed by atoms with Crippen molar-refractivity contribution in [3.63, 3.8) is 0 Å². The van der Waals surface area contributed by atoms with E-state index in [-0.39, 0.29) is 17.7 Å². The Morgan fingerprint density at radius 3 is 2.65 bits per heavy atom. The van der Waals surface area contributed by atoms with Crippen molar-refractivity contribution in [1.82, 2.24) is 0 Å². The molecule has 2 aromatic rings. The molecule has 6 heteroatoms. The lowest BCUT2D eigenvalue weighted by Crippen LogP contribution is -2.12. The molecule has 0 fully saturated rings. The molecule has 3 N–H and O–H groups in total. The molecule has 0 radical (unpaired) electrons. The molecule has 1 amide bonds. The van der Waals surface area contributed by atoms with Crippen LogP contribution in [0.25, 0.3) is 0 Å². The third-order valence-corrected chi connectivity index (χ3v) is 3.06. The van der Waals surface area contributed by atoms with Crippen LogP contribution in [0.5, 0.6) is 0 Å². The van der Waals surface area contributed by atoms with Crippen molar-refractivity contribution in [2.24, 2.45) is 5.73 Å². The summed E-state index contributed by atoms with van der Waals surface area (Å²) in [5, 5.41) is 3.13. The molecule has 0 saturated heterocycles. The van der Waals surface area contributed by atoms with Crippen molar-refractivity contribution in [2.75, 3.05) is 5.32 Å². The molecule has 104 valence electrons. The van der Waals surface area contributed by atoms with Gasteiger partial charge >= 0.3 is 0 Å². The van der Waals surface area contributed by atoms with Gasteiger partial charge in [-0.25, -0.2) is 8.78 Å². The summed E-state index contributed by atoms with van der Waals surface area (Å²) in [5.74, 6) is -1.59. The first-order chi connectivity index (χ1) is 9.47. The van der Waals surface area contributed by atoms with E-state index < -0.39 is 17.5 Å². The van der Waals surface area contributed by atoms with Gasteiger partial charge in [-0.2, -0.15) is 0 Å². The number of nitrogens with two attached hydrogens (primary N) is 1. The molecule has 0 aliphatic rings. The zero-order valence-electron chi connectivity index (χ0n) is 10.3. The summed E-state index contributed by atoms with van der Waals surface area (Å²) in [5.41, 5.74) is 5.91. The average Bonchev–Trinajstić information content (AvgIpc) is 2.41. The highest BCUT2D eigenvalue weighted by Crippen LogP contribution is 2.23. The van der Waals surface area contributed by atoms with Crippen LogP contribution in [0.4, 0.5) is 14.5 Å². The van der Waals surface area contributed by atoms with Crippen LogP contribution >= 0.6 is 11.6 Å². The fraction of sp³-hybridized carbons (Fsp3) is 0.0714. The Labute approximate surface area is 119 Å². The zero-order valence-corrected chi connectivity index (χ0v) is 11.0. The van der Waals surface area contributed by atoms with Gasteiger partial charge in [0, 0.05) is 17.7 Å². The molecular formula is C14H11ClF2N2O. The molecule has 0 aliphatic carbocycles. The maximum atomic E-state index is 13.6. The van der Waals surface area contributed by atoms with Crippen LogP contribution < -0.4 is 11.1 Å². The first-order valence-electron chi connectivity index (χ1n) is 5.74. The normalized spacial score (nSPS) is 10.3. The van der Waals surface area contributed by atoms with Crippen LogP contribution in [-0.2, 0) is 6.54 Å². The first-order valence-corrected chi connectivity index (χ1v) is 6.12. The molecule has 0 bridgehead atoms. The monoisotopic (exact) mass is 296 g/mol. The topological polar surface area (TPSA) is 55.1 Å². The van der Waals surface area contributed by atoms with Crippen LogP contribution in [0.15, 0.2) is 36.4 Å². The van der Waals surface area contributed by atoms with Crippen molar-refractivity contribution in [3.05, 3.63) is 64.2 Å². The lowest BCUT2D eigenvalue weighted by molar-refractivity contribution is 0.1000. The number of carbonyl (C=O) groups is 1. The number of halogens is 3. The number of rotatable bonds is 4. The van der Waals surface area contributed by atoms with Gasteiger partial charge in [-0.3, -0.25) is 4.79 Å². The predicted octanol–water partition coefficient (Wildman–Crippen LogP) is 3.33. The number of carbonyl (C=O) groups excluding carboxylic acids is 1. The molecule has 20 heavy (non-hydrogen) atoms. The van der Waals surface area contributed by atoms with Gasteiger partial charge in [0.2, 0.25) is 5.91 Å². The largest absolute Gasteiger partial charge is 0.380 e. The number of benzene rings is 2. The Balaban J connectivity index is 2.20. The second-order valence-electron chi connectivity index (χ2n) is 4.15. The summed E-state index contributed by atoms with van der Waals surface area (Å²) in [7, 11) is 0. The Bertz CT molecular complexity index is 662. The van der Waals surface area contributed by atoms with E-state index in [0.717, 1.165) is 6.07 Å². The van der Waals surface area contributed by atoms with Crippen LogP contribution in [0, 0.1) is 11.6 Å². The van der Waals surface area contributed by atoms with Crippen LogP contribution in [-0.4, -0.2) is 5.91 Å². The van der Waals surface area contributed by atoms with Gasteiger partial charge in [0.15, 0.2) is 0 Å². The number of amides is 1. The van der Waals surface area contributed by atoms with Gasteiger partial charge < -0.3 is 11.1 Å². The van der Waals surface area contributed by atoms with Crippen molar-refractivity contribution in [1.29, 1.82) is 0 Å². The van der Waals surface area contributed by atoms with E-state index in [2.05, 4.69) is 5.32 Å². The summed E-state index contributed by atoms with van der Waals surface area (Å²) < 4.78 is 26.7. The second kappa shape index (κ2) is 5.88. The fourth-order valence-corrected chi connectivity index (χ4v) is 1.87. The minimum Gasteiger partial charge on any atom is -0.380 e. The Morgan fingerprint density at radius 1 is 1.20 bits per heavy atom. The van der Waals surface area contributed by atoms with E-state index in [1.807, 2.05) is 0 Å². The molecule has 0 saturated carbocycles.